The zero-order chi connectivity index (χ0) is 13.4. The molecule has 0 saturated carbocycles. The first-order chi connectivity index (χ1) is 8.69. The minimum absolute atomic E-state index is 0.140. The van der Waals surface area contributed by atoms with Crippen molar-refractivity contribution >= 4 is 23.8 Å². The van der Waals surface area contributed by atoms with Gasteiger partial charge in [-0.15, -0.1) is 0 Å². The number of ether oxygens (including phenoxy) is 2. The van der Waals surface area contributed by atoms with Gasteiger partial charge in [0.25, 0.3) is 0 Å². The van der Waals surface area contributed by atoms with E-state index in [9.17, 15) is 9.59 Å². The summed E-state index contributed by atoms with van der Waals surface area (Å²) in [5.74, 6) is -0.429. The van der Waals surface area contributed by atoms with E-state index in [1.54, 1.807) is 12.1 Å². The van der Waals surface area contributed by atoms with Crippen molar-refractivity contribution in [1.29, 1.82) is 0 Å². The Morgan fingerprint density at radius 3 is 2.67 bits per heavy atom. The molecule has 0 aliphatic heterocycles. The summed E-state index contributed by atoms with van der Waals surface area (Å²) in [5, 5.41) is 2.46. The molecule has 0 aliphatic rings. The quantitative estimate of drug-likeness (QED) is 0.480. The summed E-state index contributed by atoms with van der Waals surface area (Å²) in [5.41, 5.74) is 0.186. The zero-order valence-electron chi connectivity index (χ0n) is 9.73. The molecule has 1 aromatic carbocycles. The van der Waals surface area contributed by atoms with Crippen LogP contribution in [0.2, 0.25) is 0 Å². The molecule has 0 atom stereocenters. The highest BCUT2D eigenvalue weighted by Gasteiger charge is 2.14. The van der Waals surface area contributed by atoms with E-state index in [-0.39, 0.29) is 11.3 Å². The molecular weight excluding hydrogens is 260 g/mol. The van der Waals surface area contributed by atoms with Crippen molar-refractivity contribution in [3.63, 3.8) is 0 Å². The van der Waals surface area contributed by atoms with Crippen LogP contribution in [0, 0.1) is 0 Å². The van der Waals surface area contributed by atoms with Crippen LogP contribution in [0.25, 0.3) is 0 Å². The molecule has 7 heteroatoms. The second-order valence-corrected chi connectivity index (χ2v) is 3.45. The molecule has 6 nitrogen and oxygen atoms in total. The van der Waals surface area contributed by atoms with Gasteiger partial charge >= 0.3 is 12.1 Å². The number of hydrogen-bond donors (Lipinski definition) is 2. The number of esters is 1. The number of amides is 1. The first-order valence-electron chi connectivity index (χ1n) is 5.15. The molecule has 1 amide bonds. The number of hydrogen-bond acceptors (Lipinski definition) is 5. The normalized spacial score (nSPS) is 9.67. The molecule has 0 bridgehead atoms. The molecule has 18 heavy (non-hydrogen) atoms. The monoisotopic (exact) mass is 272 g/mol. The predicted octanol–water partition coefficient (Wildman–Crippen LogP) is 1.30. The largest absolute Gasteiger partial charge is 0.465 e. The summed E-state index contributed by atoms with van der Waals surface area (Å²) >= 11 is 5.23. The zero-order valence-corrected chi connectivity index (χ0v) is 10.5. The van der Waals surface area contributed by atoms with E-state index in [1.807, 2.05) is 0 Å². The van der Waals surface area contributed by atoms with Crippen molar-refractivity contribution in [2.24, 2.45) is 0 Å². The third-order valence-corrected chi connectivity index (χ3v) is 2.17. The Kier molecular flexibility index (Phi) is 5.96. The van der Waals surface area contributed by atoms with E-state index in [0.717, 1.165) is 0 Å². The van der Waals surface area contributed by atoms with Gasteiger partial charge in [-0.25, -0.2) is 14.4 Å². The van der Waals surface area contributed by atoms with E-state index in [0.29, 0.717) is 13.1 Å². The first kappa shape index (κ1) is 14.3. The molecule has 1 aromatic rings. The van der Waals surface area contributed by atoms with Crippen LogP contribution in [0.4, 0.5) is 4.79 Å². The fourth-order valence-corrected chi connectivity index (χ4v) is 1.28. The lowest BCUT2D eigenvalue weighted by Gasteiger charge is -2.09. The highest BCUT2D eigenvalue weighted by molar-refractivity contribution is 6.13. The Bertz CT molecular complexity index is 425. The van der Waals surface area contributed by atoms with E-state index < -0.39 is 12.1 Å². The number of methoxy groups -OCH3 is 1. The van der Waals surface area contributed by atoms with Gasteiger partial charge in [0.2, 0.25) is 0 Å². The number of rotatable bonds is 5. The summed E-state index contributed by atoms with van der Waals surface area (Å²) in [6, 6.07) is 6.31. The topological polar surface area (TPSA) is 76.7 Å². The summed E-state index contributed by atoms with van der Waals surface area (Å²) < 4.78 is 9.57. The van der Waals surface area contributed by atoms with Gasteiger partial charge in [0.05, 0.1) is 7.11 Å². The number of carbonyl (C=O) groups is 2. The van der Waals surface area contributed by atoms with E-state index >= 15 is 0 Å². The fourth-order valence-electron chi connectivity index (χ4n) is 1.18. The number of nitrogens with one attached hydrogen (secondary N) is 2. The number of para-hydroxylation sites is 1. The molecule has 98 valence electrons. The van der Waals surface area contributed by atoms with E-state index in [1.165, 1.54) is 19.2 Å². The Morgan fingerprint density at radius 2 is 2.00 bits per heavy atom. The smallest absolute Gasteiger partial charge is 0.412 e. The molecular formula is C11H13ClN2O4. The molecule has 0 aliphatic carbocycles. The molecule has 0 spiro atoms. The van der Waals surface area contributed by atoms with Crippen molar-refractivity contribution in [3.8, 4) is 5.75 Å². The standard InChI is InChI=1S/C11H13ClN2O4/c1-17-10(15)8-4-2-3-5-9(8)18-11(16)13-6-7-14-12/h2-5,14H,6-7H2,1H3,(H,13,16). The fraction of sp³-hybridized carbons (Fsp3) is 0.273. The van der Waals surface area contributed by atoms with Gasteiger partial charge in [0.1, 0.15) is 11.3 Å². The van der Waals surface area contributed by atoms with Gasteiger partial charge in [-0.2, -0.15) is 0 Å². The Balaban J connectivity index is 2.66. The van der Waals surface area contributed by atoms with Crippen LogP contribution in [0.5, 0.6) is 5.75 Å². The third kappa shape index (κ3) is 4.23. The Morgan fingerprint density at radius 1 is 1.28 bits per heavy atom. The highest BCUT2D eigenvalue weighted by atomic mass is 35.5. The molecule has 0 aromatic heterocycles. The second-order valence-electron chi connectivity index (χ2n) is 3.19. The number of benzene rings is 1. The molecule has 2 N–H and O–H groups in total. The molecule has 0 unspecified atom stereocenters. The summed E-state index contributed by atoms with van der Waals surface area (Å²) in [6.07, 6.45) is -0.668. The lowest BCUT2D eigenvalue weighted by molar-refractivity contribution is 0.0598. The van der Waals surface area contributed by atoms with Crippen LogP contribution in [-0.2, 0) is 4.74 Å². The molecule has 0 radical (unpaired) electrons. The summed E-state index contributed by atoms with van der Waals surface area (Å²) in [6.45, 7) is 0.706. The van der Waals surface area contributed by atoms with Crippen molar-refractivity contribution in [3.05, 3.63) is 29.8 Å². The highest BCUT2D eigenvalue weighted by Crippen LogP contribution is 2.18. The second kappa shape index (κ2) is 7.52. The summed E-state index contributed by atoms with van der Waals surface area (Å²) in [4.78, 5) is 25.2. The van der Waals surface area contributed by atoms with Gasteiger partial charge in [-0.1, -0.05) is 12.1 Å². The van der Waals surface area contributed by atoms with Crippen LogP contribution in [0.1, 0.15) is 10.4 Å². The minimum Gasteiger partial charge on any atom is -0.465 e. The number of carbonyl (C=O) groups excluding carboxylic acids is 2. The lowest BCUT2D eigenvalue weighted by Crippen LogP contribution is -2.32. The maximum absolute atomic E-state index is 11.4. The van der Waals surface area contributed by atoms with Crippen molar-refractivity contribution in [1.82, 2.24) is 10.2 Å². The van der Waals surface area contributed by atoms with E-state index in [4.69, 9.17) is 16.5 Å². The van der Waals surface area contributed by atoms with Crippen LogP contribution in [0.3, 0.4) is 0 Å². The summed E-state index contributed by atoms with van der Waals surface area (Å²) in [7, 11) is 1.26. The average molecular weight is 273 g/mol. The Labute approximate surface area is 109 Å². The predicted molar refractivity (Wildman–Crippen MR) is 65.7 cm³/mol. The van der Waals surface area contributed by atoms with Crippen LogP contribution in [0.15, 0.2) is 24.3 Å². The van der Waals surface area contributed by atoms with Gasteiger partial charge in [-0.3, -0.25) is 0 Å². The van der Waals surface area contributed by atoms with Crippen LogP contribution in [-0.4, -0.2) is 32.3 Å². The van der Waals surface area contributed by atoms with Crippen LogP contribution < -0.4 is 14.9 Å². The lowest BCUT2D eigenvalue weighted by atomic mass is 10.2. The molecule has 1 rings (SSSR count). The van der Waals surface area contributed by atoms with Crippen molar-refractivity contribution < 1.29 is 19.1 Å². The minimum atomic E-state index is -0.668. The molecule has 0 fully saturated rings. The maximum Gasteiger partial charge on any atom is 0.412 e. The van der Waals surface area contributed by atoms with Gasteiger partial charge in [0, 0.05) is 13.1 Å². The van der Waals surface area contributed by atoms with Crippen molar-refractivity contribution in [2.45, 2.75) is 0 Å². The maximum atomic E-state index is 11.4. The van der Waals surface area contributed by atoms with Gasteiger partial charge in [-0.05, 0) is 23.9 Å². The Hall–Kier alpha value is -1.79. The molecule has 0 heterocycles. The van der Waals surface area contributed by atoms with Crippen LogP contribution >= 0.6 is 11.8 Å². The third-order valence-electron chi connectivity index (χ3n) is 1.98. The first-order valence-corrected chi connectivity index (χ1v) is 5.53. The number of halogens is 1. The van der Waals surface area contributed by atoms with E-state index in [2.05, 4.69) is 14.9 Å². The average Bonchev–Trinajstić information content (AvgIpc) is 2.39. The SMILES string of the molecule is COC(=O)c1ccccc1OC(=O)NCCNCl. The van der Waals surface area contributed by atoms with Gasteiger partial charge in [0.15, 0.2) is 0 Å². The van der Waals surface area contributed by atoms with Gasteiger partial charge < -0.3 is 14.8 Å². The van der Waals surface area contributed by atoms with Crippen molar-refractivity contribution in [2.75, 3.05) is 20.2 Å². The molecule has 0 saturated heterocycles.